The highest BCUT2D eigenvalue weighted by molar-refractivity contribution is 6.09. The van der Waals surface area contributed by atoms with Gasteiger partial charge >= 0.3 is 11.9 Å². The van der Waals surface area contributed by atoms with Crippen LogP contribution in [-0.2, 0) is 4.79 Å². The molecule has 1 aliphatic heterocycles. The number of ether oxygens (including phenoxy) is 2. The highest BCUT2D eigenvalue weighted by Gasteiger charge is 2.26. The topological polar surface area (TPSA) is 117 Å². The van der Waals surface area contributed by atoms with E-state index in [-0.39, 0.29) is 18.0 Å². The van der Waals surface area contributed by atoms with Crippen molar-refractivity contribution in [2.75, 3.05) is 42.6 Å². The molecule has 2 N–H and O–H groups in total. The molecular weight excluding hydrogens is 452 g/mol. The minimum atomic E-state index is -1.12. The summed E-state index contributed by atoms with van der Waals surface area (Å²) in [4.78, 5) is 39.7. The zero-order valence-corrected chi connectivity index (χ0v) is 18.8. The maximum Gasteiger partial charge on any atom is 0.341 e. The largest absolute Gasteiger partial charge is 0.486 e. The number of carbonyl (C=O) groups excluding carboxylic acids is 1. The van der Waals surface area contributed by atoms with Gasteiger partial charge in [-0.05, 0) is 36.4 Å². The maximum absolute atomic E-state index is 13.5. The summed E-state index contributed by atoms with van der Waals surface area (Å²) in [5, 5.41) is 18.6. The Bertz CT molecular complexity index is 1230. The molecule has 0 spiro atoms. The first kappa shape index (κ1) is 23.6. The average molecular weight is 476 g/mol. The van der Waals surface area contributed by atoms with Crippen LogP contribution in [0.2, 0.25) is 0 Å². The summed E-state index contributed by atoms with van der Waals surface area (Å²) >= 11 is 0. The SMILES string of the molecule is O=C(O)COc1cccc2c1OCCN2CCN(C(=O)c1ccccc1)c1ccccc1C(=O)O. The molecule has 3 aromatic carbocycles. The van der Waals surface area contributed by atoms with E-state index in [0.717, 1.165) is 0 Å². The van der Waals surface area contributed by atoms with Gasteiger partial charge in [0.25, 0.3) is 5.91 Å². The van der Waals surface area contributed by atoms with Gasteiger partial charge in [-0.3, -0.25) is 4.79 Å². The molecule has 0 atom stereocenters. The van der Waals surface area contributed by atoms with Crippen LogP contribution in [0.4, 0.5) is 11.4 Å². The molecule has 9 heteroatoms. The van der Waals surface area contributed by atoms with Gasteiger partial charge in [0, 0.05) is 18.7 Å². The lowest BCUT2D eigenvalue weighted by Crippen LogP contribution is -2.42. The normalized spacial score (nSPS) is 12.3. The molecule has 0 fully saturated rings. The summed E-state index contributed by atoms with van der Waals surface area (Å²) in [7, 11) is 0. The standard InChI is InChI=1S/C26H24N2O7/c29-23(30)17-35-22-12-6-11-21-24(22)34-16-15-27(21)13-14-28(25(31)18-7-2-1-3-8-18)20-10-5-4-9-19(20)26(32)33/h1-12H,13-17H2,(H,29,30)(H,32,33). The van der Waals surface area contributed by atoms with Crippen molar-refractivity contribution in [3.05, 3.63) is 83.9 Å². The lowest BCUT2D eigenvalue weighted by molar-refractivity contribution is -0.139. The van der Waals surface area contributed by atoms with Crippen LogP contribution < -0.4 is 19.3 Å². The van der Waals surface area contributed by atoms with E-state index in [1.165, 1.54) is 11.0 Å². The van der Waals surface area contributed by atoms with Gasteiger partial charge < -0.3 is 29.5 Å². The van der Waals surface area contributed by atoms with Gasteiger partial charge in [0.2, 0.25) is 0 Å². The van der Waals surface area contributed by atoms with E-state index in [0.29, 0.717) is 48.1 Å². The number of aliphatic carboxylic acids is 1. The number of amides is 1. The molecule has 3 aromatic rings. The van der Waals surface area contributed by atoms with Crippen LogP contribution in [0.15, 0.2) is 72.8 Å². The fourth-order valence-electron chi connectivity index (χ4n) is 3.94. The molecule has 9 nitrogen and oxygen atoms in total. The van der Waals surface area contributed by atoms with Crippen LogP contribution in [0.5, 0.6) is 11.5 Å². The van der Waals surface area contributed by atoms with Crippen molar-refractivity contribution in [2.45, 2.75) is 0 Å². The van der Waals surface area contributed by atoms with Crippen molar-refractivity contribution in [3.63, 3.8) is 0 Å². The first-order valence-electron chi connectivity index (χ1n) is 11.0. The van der Waals surface area contributed by atoms with Crippen molar-refractivity contribution in [1.82, 2.24) is 0 Å². The number of hydrogen-bond donors (Lipinski definition) is 2. The Hall–Kier alpha value is -4.53. The molecule has 1 aliphatic rings. The second kappa shape index (κ2) is 10.6. The van der Waals surface area contributed by atoms with Crippen LogP contribution in [0.25, 0.3) is 0 Å². The van der Waals surface area contributed by atoms with Gasteiger partial charge in [-0.2, -0.15) is 0 Å². The van der Waals surface area contributed by atoms with Gasteiger partial charge in [-0.1, -0.05) is 36.4 Å². The molecule has 1 heterocycles. The molecule has 1 amide bonds. The first-order valence-corrected chi connectivity index (χ1v) is 11.0. The predicted molar refractivity (Wildman–Crippen MR) is 129 cm³/mol. The first-order chi connectivity index (χ1) is 17.0. The highest BCUT2D eigenvalue weighted by atomic mass is 16.5. The lowest BCUT2D eigenvalue weighted by atomic mass is 10.1. The quantitative estimate of drug-likeness (QED) is 0.483. The number of carboxylic acids is 2. The fourth-order valence-corrected chi connectivity index (χ4v) is 3.94. The van der Waals surface area contributed by atoms with E-state index in [2.05, 4.69) is 0 Å². The summed E-state index contributed by atoms with van der Waals surface area (Å²) in [6.45, 7) is 0.968. The van der Waals surface area contributed by atoms with E-state index in [4.69, 9.17) is 14.6 Å². The predicted octanol–water partition coefficient (Wildman–Crippen LogP) is 3.39. The summed E-state index contributed by atoms with van der Waals surface area (Å²) < 4.78 is 11.1. The number of rotatable bonds is 9. The molecule has 0 aromatic heterocycles. The molecular formula is C26H24N2O7. The number of para-hydroxylation sites is 2. The smallest absolute Gasteiger partial charge is 0.341 e. The number of hydrogen-bond acceptors (Lipinski definition) is 6. The minimum absolute atomic E-state index is 0.0310. The van der Waals surface area contributed by atoms with Crippen LogP contribution in [-0.4, -0.2) is 60.9 Å². The molecule has 0 bridgehead atoms. The third-order valence-electron chi connectivity index (χ3n) is 5.54. The molecule has 4 rings (SSSR count). The maximum atomic E-state index is 13.5. The molecule has 180 valence electrons. The summed E-state index contributed by atoms with van der Waals surface area (Å²) in [5.74, 6) is -1.77. The number of carbonyl (C=O) groups is 3. The highest BCUT2D eigenvalue weighted by Crippen LogP contribution is 2.40. The van der Waals surface area contributed by atoms with Gasteiger partial charge in [0.15, 0.2) is 18.1 Å². The van der Waals surface area contributed by atoms with Crippen LogP contribution in [0, 0.1) is 0 Å². The van der Waals surface area contributed by atoms with E-state index in [1.807, 2.05) is 11.0 Å². The summed E-state index contributed by atoms with van der Waals surface area (Å²) in [6, 6.07) is 20.3. The fraction of sp³-hybridized carbons (Fsp3) is 0.192. The third-order valence-corrected chi connectivity index (χ3v) is 5.54. The van der Waals surface area contributed by atoms with Crippen molar-refractivity contribution in [1.29, 1.82) is 0 Å². The Morgan fingerprint density at radius 2 is 1.69 bits per heavy atom. The Labute approximate surface area is 201 Å². The molecule has 0 saturated heterocycles. The van der Waals surface area contributed by atoms with Crippen LogP contribution in [0.1, 0.15) is 20.7 Å². The van der Waals surface area contributed by atoms with Crippen molar-refractivity contribution in [3.8, 4) is 11.5 Å². The monoisotopic (exact) mass is 476 g/mol. The van der Waals surface area contributed by atoms with E-state index in [9.17, 15) is 19.5 Å². The zero-order chi connectivity index (χ0) is 24.8. The molecule has 0 unspecified atom stereocenters. The van der Waals surface area contributed by atoms with Gasteiger partial charge in [0.05, 0.1) is 23.5 Å². The minimum Gasteiger partial charge on any atom is -0.486 e. The number of nitrogens with zero attached hydrogens (tertiary/aromatic N) is 2. The summed E-state index contributed by atoms with van der Waals surface area (Å²) in [6.07, 6.45) is 0. The Kier molecular flexibility index (Phi) is 7.15. The summed E-state index contributed by atoms with van der Waals surface area (Å²) in [5.41, 5.74) is 1.49. The molecule has 0 saturated carbocycles. The molecule has 0 aliphatic carbocycles. The van der Waals surface area contributed by atoms with Crippen LogP contribution >= 0.6 is 0 Å². The van der Waals surface area contributed by atoms with Crippen molar-refractivity contribution < 1.29 is 34.1 Å². The van der Waals surface area contributed by atoms with E-state index < -0.39 is 18.5 Å². The second-order valence-electron chi connectivity index (χ2n) is 7.77. The van der Waals surface area contributed by atoms with Crippen LogP contribution in [0.3, 0.4) is 0 Å². The zero-order valence-electron chi connectivity index (χ0n) is 18.8. The average Bonchev–Trinajstić information content (AvgIpc) is 2.88. The molecule has 0 radical (unpaired) electrons. The van der Waals surface area contributed by atoms with Gasteiger partial charge in [0.1, 0.15) is 6.61 Å². The number of fused-ring (bicyclic) bond motifs is 1. The Balaban J connectivity index is 1.63. The number of aromatic carboxylic acids is 1. The van der Waals surface area contributed by atoms with Gasteiger partial charge in [-0.15, -0.1) is 0 Å². The third kappa shape index (κ3) is 5.35. The van der Waals surface area contributed by atoms with E-state index >= 15 is 0 Å². The van der Waals surface area contributed by atoms with E-state index in [1.54, 1.807) is 60.7 Å². The number of benzene rings is 3. The van der Waals surface area contributed by atoms with Crippen molar-refractivity contribution >= 4 is 29.2 Å². The van der Waals surface area contributed by atoms with Gasteiger partial charge in [-0.25, -0.2) is 9.59 Å². The Morgan fingerprint density at radius 3 is 2.43 bits per heavy atom. The lowest BCUT2D eigenvalue weighted by Gasteiger charge is -2.34. The number of carboxylic acid groups (broad SMARTS) is 2. The Morgan fingerprint density at radius 1 is 0.943 bits per heavy atom. The number of anilines is 2. The van der Waals surface area contributed by atoms with Crippen molar-refractivity contribution in [2.24, 2.45) is 0 Å². The molecule has 35 heavy (non-hydrogen) atoms. The second-order valence-corrected chi connectivity index (χ2v) is 7.77.